The first-order chi connectivity index (χ1) is 12.8. The lowest BCUT2D eigenvalue weighted by atomic mass is 10.2. The van der Waals surface area contributed by atoms with Crippen LogP contribution in [0.1, 0.15) is 11.1 Å². The molecule has 0 atom stereocenters. The Morgan fingerprint density at radius 1 is 0.885 bits per heavy atom. The van der Waals surface area contributed by atoms with E-state index in [1.165, 1.54) is 0 Å². The molecule has 0 radical (unpaired) electrons. The molecule has 3 rings (SSSR count). The SMILES string of the molecule is S=C(NCc1ccccc1)NN=Cc1cccc(Oc2ccccc2)c1. The highest BCUT2D eigenvalue weighted by Crippen LogP contribution is 2.21. The molecular formula is C21H19N3OS. The highest BCUT2D eigenvalue weighted by atomic mass is 32.1. The summed E-state index contributed by atoms with van der Waals surface area (Å²) in [6.45, 7) is 0.655. The Hall–Kier alpha value is -3.18. The lowest BCUT2D eigenvalue weighted by Crippen LogP contribution is -2.31. The number of para-hydroxylation sites is 1. The van der Waals surface area contributed by atoms with Crippen LogP contribution in [0.5, 0.6) is 11.5 Å². The normalized spacial score (nSPS) is 10.5. The average molecular weight is 361 g/mol. The number of benzene rings is 3. The summed E-state index contributed by atoms with van der Waals surface area (Å²) in [4.78, 5) is 0. The molecule has 5 heteroatoms. The van der Waals surface area contributed by atoms with Crippen molar-refractivity contribution in [3.05, 3.63) is 96.1 Å². The second-order valence-corrected chi connectivity index (χ2v) is 5.93. The number of hydrogen-bond acceptors (Lipinski definition) is 3. The summed E-state index contributed by atoms with van der Waals surface area (Å²) in [7, 11) is 0. The van der Waals surface area contributed by atoms with Crippen molar-refractivity contribution in [2.24, 2.45) is 5.10 Å². The predicted molar refractivity (Wildman–Crippen MR) is 110 cm³/mol. The molecule has 0 aliphatic rings. The van der Waals surface area contributed by atoms with E-state index in [0.29, 0.717) is 11.7 Å². The largest absolute Gasteiger partial charge is 0.457 e. The monoisotopic (exact) mass is 361 g/mol. The Morgan fingerprint density at radius 3 is 2.35 bits per heavy atom. The molecule has 3 aromatic carbocycles. The van der Waals surface area contributed by atoms with Crippen molar-refractivity contribution in [1.29, 1.82) is 0 Å². The zero-order chi connectivity index (χ0) is 18.0. The third-order valence-electron chi connectivity index (χ3n) is 3.51. The molecule has 0 unspecified atom stereocenters. The van der Waals surface area contributed by atoms with Crippen LogP contribution in [0.4, 0.5) is 0 Å². The van der Waals surface area contributed by atoms with E-state index >= 15 is 0 Å². The first kappa shape index (κ1) is 17.6. The van der Waals surface area contributed by atoms with Gasteiger partial charge in [0.2, 0.25) is 0 Å². The number of nitrogens with zero attached hydrogens (tertiary/aromatic N) is 1. The first-order valence-electron chi connectivity index (χ1n) is 8.23. The quantitative estimate of drug-likeness (QED) is 0.386. The molecule has 0 heterocycles. The fourth-order valence-corrected chi connectivity index (χ4v) is 2.39. The minimum Gasteiger partial charge on any atom is -0.457 e. The summed E-state index contributed by atoms with van der Waals surface area (Å²) in [6.07, 6.45) is 1.70. The zero-order valence-electron chi connectivity index (χ0n) is 14.1. The van der Waals surface area contributed by atoms with Crippen molar-refractivity contribution in [1.82, 2.24) is 10.7 Å². The molecule has 0 fully saturated rings. The molecule has 0 aromatic heterocycles. The zero-order valence-corrected chi connectivity index (χ0v) is 14.9. The van der Waals surface area contributed by atoms with E-state index in [1.54, 1.807) is 6.21 Å². The van der Waals surface area contributed by atoms with Crippen LogP contribution in [0.2, 0.25) is 0 Å². The number of thiocarbonyl (C=S) groups is 1. The fourth-order valence-electron chi connectivity index (χ4n) is 2.27. The maximum atomic E-state index is 5.81. The van der Waals surface area contributed by atoms with Crippen LogP contribution in [0.15, 0.2) is 90.0 Å². The van der Waals surface area contributed by atoms with Gasteiger partial charge in [-0.15, -0.1) is 0 Å². The van der Waals surface area contributed by atoms with E-state index < -0.39 is 0 Å². The van der Waals surface area contributed by atoms with Crippen molar-refractivity contribution in [3.63, 3.8) is 0 Å². The number of ether oxygens (including phenoxy) is 1. The minimum absolute atomic E-state index is 0.474. The first-order valence-corrected chi connectivity index (χ1v) is 8.64. The molecule has 130 valence electrons. The van der Waals surface area contributed by atoms with Crippen LogP contribution in [0, 0.1) is 0 Å². The van der Waals surface area contributed by atoms with E-state index in [9.17, 15) is 0 Å². The molecular weight excluding hydrogens is 342 g/mol. The Bertz CT molecular complexity index is 867. The second-order valence-electron chi connectivity index (χ2n) is 5.53. The van der Waals surface area contributed by atoms with Crippen molar-refractivity contribution >= 4 is 23.5 Å². The average Bonchev–Trinajstić information content (AvgIpc) is 2.68. The van der Waals surface area contributed by atoms with Gasteiger partial charge in [-0.25, -0.2) is 0 Å². The van der Waals surface area contributed by atoms with Crippen molar-refractivity contribution < 1.29 is 4.74 Å². The Morgan fingerprint density at radius 2 is 1.58 bits per heavy atom. The van der Waals surface area contributed by atoms with Gasteiger partial charge in [0, 0.05) is 6.54 Å². The highest BCUT2D eigenvalue weighted by molar-refractivity contribution is 7.80. The van der Waals surface area contributed by atoms with Gasteiger partial charge >= 0.3 is 0 Å². The van der Waals surface area contributed by atoms with E-state index in [4.69, 9.17) is 17.0 Å². The van der Waals surface area contributed by atoms with Gasteiger partial charge in [0.05, 0.1) is 6.21 Å². The van der Waals surface area contributed by atoms with Gasteiger partial charge in [0.15, 0.2) is 5.11 Å². The molecule has 26 heavy (non-hydrogen) atoms. The van der Waals surface area contributed by atoms with Crippen LogP contribution >= 0.6 is 12.2 Å². The third kappa shape index (κ3) is 5.72. The molecule has 3 aromatic rings. The predicted octanol–water partition coefficient (Wildman–Crippen LogP) is 4.48. The highest BCUT2D eigenvalue weighted by Gasteiger charge is 1.98. The summed E-state index contributed by atoms with van der Waals surface area (Å²) in [5.41, 5.74) is 4.89. The molecule has 0 aliphatic carbocycles. The number of hydrazone groups is 1. The smallest absolute Gasteiger partial charge is 0.187 e. The summed E-state index contributed by atoms with van der Waals surface area (Å²) in [5, 5.41) is 7.75. The molecule has 0 bridgehead atoms. The topological polar surface area (TPSA) is 45.7 Å². The lowest BCUT2D eigenvalue weighted by Gasteiger charge is -2.07. The van der Waals surface area contributed by atoms with E-state index in [-0.39, 0.29) is 0 Å². The fraction of sp³-hybridized carbons (Fsp3) is 0.0476. The van der Waals surface area contributed by atoms with Gasteiger partial charge < -0.3 is 10.1 Å². The van der Waals surface area contributed by atoms with Crippen molar-refractivity contribution in [3.8, 4) is 11.5 Å². The van der Waals surface area contributed by atoms with Crippen LogP contribution < -0.4 is 15.5 Å². The van der Waals surface area contributed by atoms with Gasteiger partial charge in [0.1, 0.15) is 11.5 Å². The molecule has 0 saturated carbocycles. The van der Waals surface area contributed by atoms with Crippen LogP contribution in [0.3, 0.4) is 0 Å². The van der Waals surface area contributed by atoms with Crippen LogP contribution in [-0.2, 0) is 6.54 Å². The molecule has 0 spiro atoms. The summed E-state index contributed by atoms with van der Waals surface area (Å²) < 4.78 is 5.81. The summed E-state index contributed by atoms with van der Waals surface area (Å²) >= 11 is 5.22. The molecule has 0 amide bonds. The second kappa shape index (κ2) is 9.34. The maximum Gasteiger partial charge on any atom is 0.187 e. The number of hydrogen-bond donors (Lipinski definition) is 2. The van der Waals surface area contributed by atoms with Gasteiger partial charge in [0.25, 0.3) is 0 Å². The van der Waals surface area contributed by atoms with E-state index in [1.807, 2.05) is 84.9 Å². The van der Waals surface area contributed by atoms with Crippen molar-refractivity contribution in [2.45, 2.75) is 6.54 Å². The van der Waals surface area contributed by atoms with Crippen LogP contribution in [0.25, 0.3) is 0 Å². The van der Waals surface area contributed by atoms with Gasteiger partial charge in [-0.3, -0.25) is 5.43 Å². The van der Waals surface area contributed by atoms with E-state index in [0.717, 1.165) is 22.6 Å². The van der Waals surface area contributed by atoms with Gasteiger partial charge in [-0.05, 0) is 47.6 Å². The van der Waals surface area contributed by atoms with E-state index in [2.05, 4.69) is 15.8 Å². The van der Waals surface area contributed by atoms with Crippen LogP contribution in [-0.4, -0.2) is 11.3 Å². The summed E-state index contributed by atoms with van der Waals surface area (Å²) in [5.74, 6) is 1.55. The van der Waals surface area contributed by atoms with Crippen molar-refractivity contribution in [2.75, 3.05) is 0 Å². The molecule has 4 nitrogen and oxygen atoms in total. The third-order valence-corrected chi connectivity index (χ3v) is 3.75. The lowest BCUT2D eigenvalue weighted by molar-refractivity contribution is 0.482. The standard InChI is InChI=1S/C21H19N3OS/c26-21(22-15-17-8-3-1-4-9-17)24-23-16-18-10-7-13-20(14-18)25-19-11-5-2-6-12-19/h1-14,16H,15H2,(H2,22,24,26). The Labute approximate surface area is 158 Å². The molecule has 0 aliphatic heterocycles. The summed E-state index contributed by atoms with van der Waals surface area (Å²) in [6, 6.07) is 27.4. The Balaban J connectivity index is 1.50. The number of rotatable bonds is 6. The molecule has 0 saturated heterocycles. The Kier molecular flexibility index (Phi) is 6.34. The number of nitrogens with one attached hydrogen (secondary N) is 2. The van der Waals surface area contributed by atoms with Gasteiger partial charge in [-0.1, -0.05) is 60.7 Å². The van der Waals surface area contributed by atoms with Gasteiger partial charge in [-0.2, -0.15) is 5.10 Å². The molecule has 2 N–H and O–H groups in total. The maximum absolute atomic E-state index is 5.81. The minimum atomic E-state index is 0.474.